The molecule has 1 aliphatic carbocycles. The Bertz CT molecular complexity index is 1130. The molecule has 9 nitrogen and oxygen atoms in total. The Morgan fingerprint density at radius 1 is 0.711 bits per heavy atom. The van der Waals surface area contributed by atoms with E-state index in [1.54, 1.807) is 50.2 Å². The summed E-state index contributed by atoms with van der Waals surface area (Å²) in [7, 11) is 3.01. The summed E-state index contributed by atoms with van der Waals surface area (Å²) < 4.78 is 31.5. The van der Waals surface area contributed by atoms with Crippen molar-refractivity contribution in [3.05, 3.63) is 58.7 Å². The van der Waals surface area contributed by atoms with Gasteiger partial charge in [-0.3, -0.25) is 4.79 Å². The number of ketones is 1. The van der Waals surface area contributed by atoms with Gasteiger partial charge in [-0.25, -0.2) is 9.59 Å². The molecule has 38 heavy (non-hydrogen) atoms. The zero-order chi connectivity index (χ0) is 27.5. The highest BCUT2D eigenvalue weighted by Gasteiger charge is 2.23. The van der Waals surface area contributed by atoms with Gasteiger partial charge in [-0.2, -0.15) is 0 Å². The first-order chi connectivity index (χ1) is 18.4. The van der Waals surface area contributed by atoms with Gasteiger partial charge in [0.25, 0.3) is 0 Å². The zero-order valence-electron chi connectivity index (χ0n) is 22.0. The molecule has 0 aliphatic heterocycles. The lowest BCUT2D eigenvalue weighted by Gasteiger charge is -2.11. The maximum Gasteiger partial charge on any atom is 0.344 e. The number of allylic oxidation sites excluding steroid dienone is 2. The SMILES string of the molecule is CCOC(=O)COc1ccc(/C=C2/CC/C(=C/c3ccc(OCC(=O)OCC)c(OC)c3)C2=O)cc1OC. The molecule has 0 heterocycles. The molecule has 0 atom stereocenters. The van der Waals surface area contributed by atoms with Gasteiger partial charge in [-0.05, 0) is 74.2 Å². The Hall–Kier alpha value is -4.27. The molecule has 0 radical (unpaired) electrons. The first-order valence-corrected chi connectivity index (χ1v) is 12.3. The van der Waals surface area contributed by atoms with Crippen LogP contribution in [0.15, 0.2) is 47.5 Å². The van der Waals surface area contributed by atoms with Crippen molar-refractivity contribution in [2.75, 3.05) is 40.6 Å². The highest BCUT2D eigenvalue weighted by molar-refractivity contribution is 6.15. The van der Waals surface area contributed by atoms with Gasteiger partial charge in [0.15, 0.2) is 42.0 Å². The van der Waals surface area contributed by atoms with Crippen LogP contribution in [-0.4, -0.2) is 58.4 Å². The summed E-state index contributed by atoms with van der Waals surface area (Å²) in [5.41, 5.74) is 2.92. The number of Topliss-reactive ketones (excluding diaryl/α,β-unsaturated/α-hetero) is 1. The summed E-state index contributed by atoms with van der Waals surface area (Å²) >= 11 is 0. The van der Waals surface area contributed by atoms with Crippen molar-refractivity contribution in [1.82, 2.24) is 0 Å². The normalized spacial score (nSPS) is 14.9. The second-order valence-corrected chi connectivity index (χ2v) is 8.18. The summed E-state index contributed by atoms with van der Waals surface area (Å²) in [5, 5.41) is 0. The molecular weight excluding hydrogens is 492 g/mol. The zero-order valence-corrected chi connectivity index (χ0v) is 22.0. The van der Waals surface area contributed by atoms with Crippen molar-refractivity contribution in [3.63, 3.8) is 0 Å². The second kappa shape index (κ2) is 13.9. The van der Waals surface area contributed by atoms with E-state index in [1.165, 1.54) is 14.2 Å². The van der Waals surface area contributed by atoms with Gasteiger partial charge in [0, 0.05) is 11.1 Å². The topological polar surface area (TPSA) is 107 Å². The summed E-state index contributed by atoms with van der Waals surface area (Å²) in [6.07, 6.45) is 4.86. The third-order valence-corrected chi connectivity index (χ3v) is 5.61. The third kappa shape index (κ3) is 7.61. The summed E-state index contributed by atoms with van der Waals surface area (Å²) in [6, 6.07) is 10.5. The summed E-state index contributed by atoms with van der Waals surface area (Å²) in [6.45, 7) is 3.57. The largest absolute Gasteiger partial charge is 0.493 e. The molecule has 1 fully saturated rings. The predicted octanol–water partition coefficient (Wildman–Crippen LogP) is 4.42. The first-order valence-electron chi connectivity index (χ1n) is 12.3. The fraction of sp³-hybridized carbons (Fsp3) is 0.345. The van der Waals surface area contributed by atoms with Gasteiger partial charge in [-0.15, -0.1) is 0 Å². The van der Waals surface area contributed by atoms with Crippen LogP contribution in [0.5, 0.6) is 23.0 Å². The van der Waals surface area contributed by atoms with E-state index in [4.69, 9.17) is 28.4 Å². The lowest BCUT2D eigenvalue weighted by molar-refractivity contribution is -0.146. The fourth-order valence-electron chi connectivity index (χ4n) is 3.85. The van der Waals surface area contributed by atoms with Gasteiger partial charge >= 0.3 is 11.9 Å². The van der Waals surface area contributed by atoms with E-state index in [2.05, 4.69) is 0 Å². The highest BCUT2D eigenvalue weighted by Crippen LogP contribution is 2.34. The van der Waals surface area contributed by atoms with Crippen molar-refractivity contribution in [2.45, 2.75) is 26.7 Å². The van der Waals surface area contributed by atoms with Crippen molar-refractivity contribution in [3.8, 4) is 23.0 Å². The smallest absolute Gasteiger partial charge is 0.344 e. The van der Waals surface area contributed by atoms with E-state index < -0.39 is 11.9 Å². The molecule has 0 N–H and O–H groups in total. The number of ether oxygens (including phenoxy) is 6. The third-order valence-electron chi connectivity index (χ3n) is 5.61. The maximum atomic E-state index is 13.1. The van der Waals surface area contributed by atoms with Crippen molar-refractivity contribution in [1.29, 1.82) is 0 Å². The Morgan fingerprint density at radius 2 is 1.13 bits per heavy atom. The van der Waals surface area contributed by atoms with Gasteiger partial charge in [0.1, 0.15) is 0 Å². The molecule has 9 heteroatoms. The minimum atomic E-state index is -0.465. The first kappa shape index (κ1) is 28.3. The summed E-state index contributed by atoms with van der Waals surface area (Å²) in [4.78, 5) is 36.2. The lowest BCUT2D eigenvalue weighted by atomic mass is 10.1. The number of methoxy groups -OCH3 is 2. The number of hydrogen-bond donors (Lipinski definition) is 0. The summed E-state index contributed by atoms with van der Waals surface area (Å²) in [5.74, 6) is 0.744. The molecule has 0 aromatic heterocycles. The Kier molecular flexibility index (Phi) is 10.3. The Balaban J connectivity index is 1.71. The Morgan fingerprint density at radius 3 is 1.50 bits per heavy atom. The van der Waals surface area contributed by atoms with Crippen LogP contribution in [0.2, 0.25) is 0 Å². The minimum absolute atomic E-state index is 0.0341. The van der Waals surface area contributed by atoms with E-state index in [0.717, 1.165) is 11.1 Å². The van der Waals surface area contributed by atoms with Crippen LogP contribution in [0.4, 0.5) is 0 Å². The monoisotopic (exact) mass is 524 g/mol. The molecule has 202 valence electrons. The quantitative estimate of drug-likeness (QED) is 0.295. The molecule has 2 aromatic rings. The minimum Gasteiger partial charge on any atom is -0.493 e. The van der Waals surface area contributed by atoms with E-state index in [9.17, 15) is 14.4 Å². The Labute approximate surface area is 221 Å². The fourth-order valence-corrected chi connectivity index (χ4v) is 3.85. The predicted molar refractivity (Wildman–Crippen MR) is 140 cm³/mol. The number of carbonyl (C=O) groups excluding carboxylic acids is 3. The number of hydrogen-bond acceptors (Lipinski definition) is 9. The molecule has 0 unspecified atom stereocenters. The molecule has 0 amide bonds. The average Bonchev–Trinajstić information content (AvgIpc) is 3.25. The van der Waals surface area contributed by atoms with Crippen LogP contribution in [-0.2, 0) is 23.9 Å². The number of rotatable bonds is 12. The molecule has 2 aromatic carbocycles. The van der Waals surface area contributed by atoms with Gasteiger partial charge in [0.05, 0.1) is 27.4 Å². The lowest BCUT2D eigenvalue weighted by Crippen LogP contribution is -2.14. The molecule has 1 aliphatic rings. The molecule has 0 saturated heterocycles. The number of carbonyl (C=O) groups is 3. The average molecular weight is 525 g/mol. The van der Waals surface area contributed by atoms with Crippen molar-refractivity contribution >= 4 is 29.9 Å². The molecular formula is C29H32O9. The van der Waals surface area contributed by atoms with Gasteiger partial charge in [-0.1, -0.05) is 12.1 Å². The molecule has 1 saturated carbocycles. The van der Waals surface area contributed by atoms with Crippen LogP contribution >= 0.6 is 0 Å². The number of esters is 2. The van der Waals surface area contributed by atoms with Crippen LogP contribution in [0.1, 0.15) is 37.8 Å². The van der Waals surface area contributed by atoms with E-state index in [0.29, 0.717) is 47.0 Å². The van der Waals surface area contributed by atoms with Gasteiger partial charge < -0.3 is 28.4 Å². The van der Waals surface area contributed by atoms with E-state index in [-0.39, 0.29) is 32.2 Å². The van der Waals surface area contributed by atoms with Gasteiger partial charge in [0.2, 0.25) is 0 Å². The van der Waals surface area contributed by atoms with Crippen LogP contribution in [0, 0.1) is 0 Å². The second-order valence-electron chi connectivity index (χ2n) is 8.18. The molecule has 0 spiro atoms. The van der Waals surface area contributed by atoms with E-state index >= 15 is 0 Å². The van der Waals surface area contributed by atoms with Crippen LogP contribution in [0.3, 0.4) is 0 Å². The van der Waals surface area contributed by atoms with Crippen LogP contribution < -0.4 is 18.9 Å². The highest BCUT2D eigenvalue weighted by atomic mass is 16.6. The standard InChI is InChI=1S/C29H32O9/c1-5-35-27(30)17-37-23-11-7-19(15-25(23)33-3)13-21-9-10-22(29(21)32)14-20-8-12-24(26(16-20)34-4)38-18-28(31)36-6-2/h7-8,11-16H,5-6,9-10,17-18H2,1-4H3/b21-13-,22-14-. The van der Waals surface area contributed by atoms with Crippen molar-refractivity contribution < 1.29 is 42.8 Å². The number of benzene rings is 2. The van der Waals surface area contributed by atoms with Crippen molar-refractivity contribution in [2.24, 2.45) is 0 Å². The van der Waals surface area contributed by atoms with Crippen LogP contribution in [0.25, 0.3) is 12.2 Å². The maximum absolute atomic E-state index is 13.1. The molecule has 3 rings (SSSR count). The molecule has 0 bridgehead atoms. The van der Waals surface area contributed by atoms with E-state index in [1.807, 2.05) is 12.2 Å².